The number of carbonyl (C=O) groups is 1. The van der Waals surface area contributed by atoms with Gasteiger partial charge in [0.25, 0.3) is 5.91 Å². The van der Waals surface area contributed by atoms with Crippen molar-refractivity contribution in [2.45, 2.75) is 38.6 Å². The number of likely N-dealkylation sites (tertiary alicyclic amines) is 1. The number of carbonyl (C=O) groups excluding carboxylic acids is 1. The number of hydrogen-bond donors (Lipinski definition) is 1. The van der Waals surface area contributed by atoms with E-state index in [1.165, 1.54) is 12.8 Å². The maximum absolute atomic E-state index is 12.4. The van der Waals surface area contributed by atoms with Gasteiger partial charge in [-0.3, -0.25) is 4.79 Å². The number of aromatic nitrogens is 2. The minimum Gasteiger partial charge on any atom is -0.369 e. The highest BCUT2D eigenvalue weighted by molar-refractivity contribution is 5.92. The van der Waals surface area contributed by atoms with Gasteiger partial charge in [-0.05, 0) is 43.7 Å². The van der Waals surface area contributed by atoms with Crippen molar-refractivity contribution < 1.29 is 4.79 Å². The first-order valence-electron chi connectivity index (χ1n) is 7.16. The Morgan fingerprint density at radius 3 is 2.89 bits per heavy atom. The topological polar surface area (TPSA) is 58.1 Å². The summed E-state index contributed by atoms with van der Waals surface area (Å²) in [5.74, 6) is 1.50. The zero-order valence-electron chi connectivity index (χ0n) is 11.3. The Hall–Kier alpha value is -1.65. The summed E-state index contributed by atoms with van der Waals surface area (Å²) >= 11 is 0. The second-order valence-electron chi connectivity index (χ2n) is 5.52. The van der Waals surface area contributed by atoms with Gasteiger partial charge in [-0.2, -0.15) is 0 Å². The molecule has 0 spiro atoms. The Balaban J connectivity index is 1.67. The van der Waals surface area contributed by atoms with E-state index >= 15 is 0 Å². The Bertz CT molecular complexity index is 459. The summed E-state index contributed by atoms with van der Waals surface area (Å²) in [5, 5.41) is 11.3. The van der Waals surface area contributed by atoms with Crippen molar-refractivity contribution in [1.82, 2.24) is 15.1 Å². The lowest BCUT2D eigenvalue weighted by molar-refractivity contribution is 0.0696. The molecule has 102 valence electrons. The zero-order chi connectivity index (χ0) is 13.2. The van der Waals surface area contributed by atoms with E-state index in [9.17, 15) is 4.79 Å². The van der Waals surface area contributed by atoms with Crippen LogP contribution in [0.3, 0.4) is 0 Å². The summed E-state index contributed by atoms with van der Waals surface area (Å²) in [7, 11) is 0. The second kappa shape index (κ2) is 5.15. The molecule has 2 unspecified atom stereocenters. The standard InChI is InChI=1S/C14H20N4O/c1-2-7-15-13-6-5-12(16-17-13)14(19)18-9-10-3-4-11(18)8-10/h5-6,10-11H,2-4,7-9H2,1H3,(H,15,17). The molecule has 1 amide bonds. The third-order valence-corrected chi connectivity index (χ3v) is 4.11. The molecule has 1 N–H and O–H groups in total. The molecule has 2 bridgehead atoms. The van der Waals surface area contributed by atoms with Crippen LogP contribution < -0.4 is 5.32 Å². The van der Waals surface area contributed by atoms with Crippen molar-refractivity contribution in [3.8, 4) is 0 Å². The Morgan fingerprint density at radius 2 is 2.32 bits per heavy atom. The average Bonchev–Trinajstić information content (AvgIpc) is 3.07. The second-order valence-corrected chi connectivity index (χ2v) is 5.52. The highest BCUT2D eigenvalue weighted by Gasteiger charge is 2.40. The summed E-state index contributed by atoms with van der Waals surface area (Å²) in [6.45, 7) is 3.87. The van der Waals surface area contributed by atoms with Crippen LogP contribution in [0.15, 0.2) is 12.1 Å². The molecule has 5 nitrogen and oxygen atoms in total. The fraction of sp³-hybridized carbons (Fsp3) is 0.643. The SMILES string of the molecule is CCCNc1ccc(C(=O)N2CC3CCC2C3)nn1. The molecule has 0 radical (unpaired) electrons. The van der Waals surface area contributed by atoms with E-state index in [-0.39, 0.29) is 5.91 Å². The van der Waals surface area contributed by atoms with E-state index in [0.717, 1.165) is 31.7 Å². The highest BCUT2D eigenvalue weighted by Crippen LogP contribution is 2.37. The number of anilines is 1. The fourth-order valence-corrected chi connectivity index (χ4v) is 3.11. The van der Waals surface area contributed by atoms with E-state index in [4.69, 9.17) is 0 Å². The molecule has 1 aromatic rings. The maximum atomic E-state index is 12.4. The van der Waals surface area contributed by atoms with E-state index in [1.54, 1.807) is 6.07 Å². The van der Waals surface area contributed by atoms with Gasteiger partial charge in [0.15, 0.2) is 5.69 Å². The quantitative estimate of drug-likeness (QED) is 0.898. The summed E-state index contributed by atoms with van der Waals surface area (Å²) in [6, 6.07) is 4.06. The van der Waals surface area contributed by atoms with Crippen LogP contribution in [0.5, 0.6) is 0 Å². The predicted octanol–water partition coefficient (Wildman–Crippen LogP) is 1.92. The minimum atomic E-state index is 0.0433. The van der Waals surface area contributed by atoms with Crippen LogP contribution in [0.2, 0.25) is 0 Å². The number of nitrogens with one attached hydrogen (secondary N) is 1. The van der Waals surface area contributed by atoms with Gasteiger partial charge >= 0.3 is 0 Å². The van der Waals surface area contributed by atoms with Gasteiger partial charge in [0.1, 0.15) is 5.82 Å². The normalized spacial score (nSPS) is 24.8. The van der Waals surface area contributed by atoms with Gasteiger partial charge in [0.2, 0.25) is 0 Å². The van der Waals surface area contributed by atoms with Crippen molar-refractivity contribution in [3.63, 3.8) is 0 Å². The molecule has 2 aliphatic rings. The molecule has 3 rings (SSSR count). The third kappa shape index (κ3) is 2.41. The molecule has 1 saturated carbocycles. The smallest absolute Gasteiger partial charge is 0.274 e. The van der Waals surface area contributed by atoms with Crippen molar-refractivity contribution in [2.24, 2.45) is 5.92 Å². The van der Waals surface area contributed by atoms with Crippen LogP contribution >= 0.6 is 0 Å². The largest absolute Gasteiger partial charge is 0.369 e. The Labute approximate surface area is 113 Å². The average molecular weight is 260 g/mol. The van der Waals surface area contributed by atoms with Crippen LogP contribution in [0.25, 0.3) is 0 Å². The molecular weight excluding hydrogens is 240 g/mol. The van der Waals surface area contributed by atoms with E-state index in [2.05, 4.69) is 22.4 Å². The number of hydrogen-bond acceptors (Lipinski definition) is 4. The van der Waals surface area contributed by atoms with Crippen LogP contribution in [0.1, 0.15) is 43.1 Å². The minimum absolute atomic E-state index is 0.0433. The molecule has 2 heterocycles. The molecule has 1 saturated heterocycles. The van der Waals surface area contributed by atoms with Gasteiger partial charge in [0, 0.05) is 19.1 Å². The number of fused-ring (bicyclic) bond motifs is 2. The van der Waals surface area contributed by atoms with Crippen LogP contribution in [-0.2, 0) is 0 Å². The molecule has 5 heteroatoms. The van der Waals surface area contributed by atoms with Gasteiger partial charge < -0.3 is 10.2 Å². The lowest BCUT2D eigenvalue weighted by Gasteiger charge is -2.26. The fourth-order valence-electron chi connectivity index (χ4n) is 3.11. The van der Waals surface area contributed by atoms with Gasteiger partial charge in [-0.1, -0.05) is 6.92 Å². The van der Waals surface area contributed by atoms with Crippen molar-refractivity contribution in [2.75, 3.05) is 18.4 Å². The molecule has 1 aromatic heterocycles. The van der Waals surface area contributed by atoms with Crippen LogP contribution in [0, 0.1) is 5.92 Å². The summed E-state index contributed by atoms with van der Waals surface area (Å²) in [5.41, 5.74) is 0.467. The molecule has 2 fully saturated rings. The van der Waals surface area contributed by atoms with Crippen molar-refractivity contribution in [3.05, 3.63) is 17.8 Å². The lowest BCUT2D eigenvalue weighted by Crippen LogP contribution is -2.38. The maximum Gasteiger partial charge on any atom is 0.274 e. The number of rotatable bonds is 4. The van der Waals surface area contributed by atoms with E-state index in [1.807, 2.05) is 11.0 Å². The first-order valence-corrected chi connectivity index (χ1v) is 7.16. The summed E-state index contributed by atoms with van der Waals surface area (Å²) in [4.78, 5) is 14.3. The van der Waals surface area contributed by atoms with E-state index < -0.39 is 0 Å². The van der Waals surface area contributed by atoms with Crippen LogP contribution in [0.4, 0.5) is 5.82 Å². The molecule has 0 aromatic carbocycles. The van der Waals surface area contributed by atoms with Gasteiger partial charge in [-0.25, -0.2) is 0 Å². The third-order valence-electron chi connectivity index (χ3n) is 4.11. The van der Waals surface area contributed by atoms with Crippen molar-refractivity contribution >= 4 is 11.7 Å². The molecule has 2 atom stereocenters. The summed E-state index contributed by atoms with van der Waals surface area (Å²) < 4.78 is 0. The monoisotopic (exact) mass is 260 g/mol. The number of piperidine rings is 1. The predicted molar refractivity (Wildman–Crippen MR) is 73.0 cm³/mol. The Kier molecular flexibility index (Phi) is 3.36. The summed E-state index contributed by atoms with van der Waals surface area (Å²) in [6.07, 6.45) is 4.65. The lowest BCUT2D eigenvalue weighted by atomic mass is 10.1. The number of nitrogens with zero attached hydrogens (tertiary/aromatic N) is 3. The number of amides is 1. The van der Waals surface area contributed by atoms with Gasteiger partial charge in [0.05, 0.1) is 0 Å². The zero-order valence-corrected chi connectivity index (χ0v) is 11.3. The molecule has 1 aliphatic carbocycles. The Morgan fingerprint density at radius 1 is 1.42 bits per heavy atom. The van der Waals surface area contributed by atoms with E-state index in [0.29, 0.717) is 17.7 Å². The van der Waals surface area contributed by atoms with Crippen LogP contribution in [-0.4, -0.2) is 40.1 Å². The first kappa shape index (κ1) is 12.4. The molecular formula is C14H20N4O. The molecule has 1 aliphatic heterocycles. The highest BCUT2D eigenvalue weighted by atomic mass is 16.2. The molecule has 19 heavy (non-hydrogen) atoms. The first-order chi connectivity index (χ1) is 9.28. The van der Waals surface area contributed by atoms with Crippen molar-refractivity contribution in [1.29, 1.82) is 0 Å². The van der Waals surface area contributed by atoms with Gasteiger partial charge in [-0.15, -0.1) is 10.2 Å².